The Bertz CT molecular complexity index is 1210. The first kappa shape index (κ1) is 44.1. The second-order valence-electron chi connectivity index (χ2n) is 14.9. The van der Waals surface area contributed by atoms with Crippen molar-refractivity contribution in [3.63, 3.8) is 0 Å². The van der Waals surface area contributed by atoms with Crippen LogP contribution in [0.2, 0.25) is 0 Å². The summed E-state index contributed by atoms with van der Waals surface area (Å²) in [4.78, 5) is 39.5. The van der Waals surface area contributed by atoms with Crippen molar-refractivity contribution in [2.24, 2.45) is 11.8 Å². The highest BCUT2D eigenvalue weighted by molar-refractivity contribution is 5.72. The summed E-state index contributed by atoms with van der Waals surface area (Å²) in [6.45, 7) is 9.61. The van der Waals surface area contributed by atoms with E-state index in [-0.39, 0.29) is 25.2 Å². The Kier molecular flexibility index (Phi) is 16.8. The summed E-state index contributed by atoms with van der Waals surface area (Å²) in [6, 6.07) is -0.749. The van der Waals surface area contributed by atoms with Gasteiger partial charge in [-0.05, 0) is 60.0 Å². The van der Waals surface area contributed by atoms with Crippen molar-refractivity contribution in [3.05, 3.63) is 24.3 Å². The number of aliphatic hydroxyl groups is 4. The standard InChI is InChI=1S/C37H61NO14/c1-20-17-25(15-16-39)33(34(46-9)27(50-24(5)40)18-28(42)47-21(2)13-11-10-12-14-26(20)41)52-36-31(43)30(38(7)8)32(22(3)49-36)51-29-19-37(6,45)35(44)23(4)48-29/h10-12,14,16,20-23,25-27,29-36,41,43-45H,13,15,17-19H2,1-9H3/b11-10+,14-12+/t20-,21-,22-,23+,25+,26+,27-,29+,30-,31-,32-,33+,34+,35+,36+,37-/m1/s1. The van der Waals surface area contributed by atoms with Gasteiger partial charge in [0, 0.05) is 33.3 Å². The number of ether oxygens (including phenoxy) is 7. The molecule has 0 unspecified atom stereocenters. The van der Waals surface area contributed by atoms with E-state index in [9.17, 15) is 34.8 Å². The first-order valence-corrected chi connectivity index (χ1v) is 18.1. The van der Waals surface area contributed by atoms with Crippen LogP contribution in [0.1, 0.15) is 73.6 Å². The monoisotopic (exact) mass is 743 g/mol. The van der Waals surface area contributed by atoms with Crippen molar-refractivity contribution in [2.45, 2.75) is 159 Å². The van der Waals surface area contributed by atoms with E-state index in [2.05, 4.69) is 0 Å². The Morgan fingerprint density at radius 3 is 2.33 bits per heavy atom. The van der Waals surface area contributed by atoms with Crippen molar-refractivity contribution in [1.82, 2.24) is 4.90 Å². The Morgan fingerprint density at radius 2 is 1.73 bits per heavy atom. The summed E-state index contributed by atoms with van der Waals surface area (Å²) in [5, 5.41) is 44.1. The SMILES string of the molecule is CO[C@@H]1[C@@H](O[C@@H]2O[C@H](C)[C@@H](O[C@H]3C[C@@](C)(O)[C@@H](O)[C@H](C)O3)[C@H](N(C)C)[C@H]2O)[C@@H](CC=O)C[C@@H](C)[C@@H](O)/C=C/C=C/C[C@@H](C)OC(=O)C[C@H]1OC(C)=O. The first-order valence-electron chi connectivity index (χ1n) is 18.1. The number of hydrogen-bond donors (Lipinski definition) is 4. The number of methoxy groups -OCH3 is 1. The number of cyclic esters (lactones) is 1. The van der Waals surface area contributed by atoms with Crippen LogP contribution < -0.4 is 0 Å². The van der Waals surface area contributed by atoms with E-state index in [0.29, 0.717) is 12.7 Å². The van der Waals surface area contributed by atoms with Gasteiger partial charge in [-0.2, -0.15) is 0 Å². The number of aldehydes is 1. The van der Waals surface area contributed by atoms with Gasteiger partial charge in [0.2, 0.25) is 0 Å². The van der Waals surface area contributed by atoms with Crippen LogP contribution in [-0.2, 0) is 47.5 Å². The van der Waals surface area contributed by atoms with Crippen LogP contribution in [0, 0.1) is 11.8 Å². The van der Waals surface area contributed by atoms with Gasteiger partial charge in [-0.15, -0.1) is 0 Å². The molecule has 2 fully saturated rings. The first-order chi connectivity index (χ1) is 24.4. The summed E-state index contributed by atoms with van der Waals surface area (Å²) in [7, 11) is 4.86. The van der Waals surface area contributed by atoms with Gasteiger partial charge in [0.1, 0.15) is 42.9 Å². The molecule has 3 heterocycles. The molecule has 16 atom stereocenters. The van der Waals surface area contributed by atoms with Gasteiger partial charge in [0.25, 0.3) is 0 Å². The van der Waals surface area contributed by atoms with Crippen LogP contribution in [0.4, 0.5) is 0 Å². The normalized spacial score (nSPS) is 44.0. The average Bonchev–Trinajstić information content (AvgIpc) is 3.03. The Labute approximate surface area is 307 Å². The molecule has 15 nitrogen and oxygen atoms in total. The van der Waals surface area contributed by atoms with E-state index in [0.717, 1.165) is 0 Å². The number of allylic oxidation sites excluding steroid dienone is 2. The van der Waals surface area contributed by atoms with E-state index in [1.807, 2.05) is 13.0 Å². The number of aliphatic hydroxyl groups excluding tert-OH is 3. The quantitative estimate of drug-likeness (QED) is 0.195. The van der Waals surface area contributed by atoms with Crippen molar-refractivity contribution in [1.29, 1.82) is 0 Å². The zero-order valence-electron chi connectivity index (χ0n) is 31.9. The zero-order chi connectivity index (χ0) is 38.9. The summed E-state index contributed by atoms with van der Waals surface area (Å²) in [5.41, 5.74) is -1.48. The predicted molar refractivity (Wildman–Crippen MR) is 187 cm³/mol. The maximum Gasteiger partial charge on any atom is 0.309 e. The maximum atomic E-state index is 13.2. The van der Waals surface area contributed by atoms with Crippen LogP contribution in [0.5, 0.6) is 0 Å². The van der Waals surface area contributed by atoms with Crippen LogP contribution >= 0.6 is 0 Å². The van der Waals surface area contributed by atoms with Crippen LogP contribution in [0.25, 0.3) is 0 Å². The lowest BCUT2D eigenvalue weighted by Crippen LogP contribution is -2.65. The molecule has 298 valence electrons. The second-order valence-corrected chi connectivity index (χ2v) is 14.9. The topological polar surface area (TPSA) is 200 Å². The van der Waals surface area contributed by atoms with Crippen molar-refractivity contribution < 1.29 is 68.0 Å². The van der Waals surface area contributed by atoms with Crippen LogP contribution in [0.15, 0.2) is 24.3 Å². The number of esters is 2. The maximum absolute atomic E-state index is 13.2. The highest BCUT2D eigenvalue weighted by Crippen LogP contribution is 2.37. The van der Waals surface area contributed by atoms with Crippen LogP contribution in [-0.4, -0.2) is 150 Å². The molecule has 0 aromatic rings. The third-order valence-electron chi connectivity index (χ3n) is 10.1. The van der Waals surface area contributed by atoms with Gasteiger partial charge in [-0.3, -0.25) is 9.59 Å². The third-order valence-corrected chi connectivity index (χ3v) is 10.1. The average molecular weight is 744 g/mol. The second kappa shape index (κ2) is 19.9. The van der Waals surface area contributed by atoms with E-state index >= 15 is 0 Å². The van der Waals surface area contributed by atoms with E-state index in [1.54, 1.807) is 58.0 Å². The molecule has 0 bridgehead atoms. The van der Waals surface area contributed by atoms with Crippen molar-refractivity contribution in [2.75, 3.05) is 21.2 Å². The number of likely N-dealkylation sites (N-methyl/N-ethyl adjacent to an activating group) is 1. The molecule has 0 amide bonds. The zero-order valence-corrected chi connectivity index (χ0v) is 31.9. The molecule has 0 aromatic heterocycles. The number of rotatable bonds is 9. The number of carbonyl (C=O) groups is 3. The molecule has 52 heavy (non-hydrogen) atoms. The number of hydrogen-bond acceptors (Lipinski definition) is 15. The molecule has 0 aromatic carbocycles. The van der Waals surface area contributed by atoms with Crippen molar-refractivity contribution >= 4 is 18.2 Å². The minimum absolute atomic E-state index is 0.0306. The van der Waals surface area contributed by atoms with Gasteiger partial charge in [0.15, 0.2) is 12.6 Å². The number of carbonyl (C=O) groups excluding carboxylic acids is 3. The molecule has 4 N–H and O–H groups in total. The Hall–Kier alpha value is -2.31. The minimum Gasteiger partial charge on any atom is -0.462 e. The highest BCUT2D eigenvalue weighted by atomic mass is 16.7. The summed E-state index contributed by atoms with van der Waals surface area (Å²) >= 11 is 0. The number of nitrogens with zero attached hydrogens (tertiary/aromatic N) is 1. The molecule has 0 spiro atoms. The Balaban J connectivity index is 2.03. The van der Waals surface area contributed by atoms with Gasteiger partial charge in [-0.25, -0.2) is 0 Å². The van der Waals surface area contributed by atoms with E-state index < -0.39 is 110 Å². The fourth-order valence-corrected chi connectivity index (χ4v) is 7.34. The summed E-state index contributed by atoms with van der Waals surface area (Å²) in [5.74, 6) is -2.40. The third kappa shape index (κ3) is 11.8. The lowest BCUT2D eigenvalue weighted by molar-refractivity contribution is -0.344. The lowest BCUT2D eigenvalue weighted by Gasteiger charge is -2.50. The fraction of sp³-hybridized carbons (Fsp3) is 0.811. The van der Waals surface area contributed by atoms with Gasteiger partial charge < -0.3 is 63.3 Å². The van der Waals surface area contributed by atoms with Crippen LogP contribution in [0.3, 0.4) is 0 Å². The van der Waals surface area contributed by atoms with Gasteiger partial charge in [-0.1, -0.05) is 31.2 Å². The molecule has 2 saturated heterocycles. The van der Waals surface area contributed by atoms with Gasteiger partial charge >= 0.3 is 11.9 Å². The molecule has 3 aliphatic heterocycles. The fourth-order valence-electron chi connectivity index (χ4n) is 7.34. The molecule has 0 radical (unpaired) electrons. The summed E-state index contributed by atoms with van der Waals surface area (Å²) < 4.78 is 42.3. The minimum atomic E-state index is -1.48. The van der Waals surface area contributed by atoms with Gasteiger partial charge in [0.05, 0.1) is 42.5 Å². The Morgan fingerprint density at radius 1 is 1.04 bits per heavy atom. The highest BCUT2D eigenvalue weighted by Gasteiger charge is 2.52. The smallest absolute Gasteiger partial charge is 0.309 e. The largest absolute Gasteiger partial charge is 0.462 e. The molecule has 15 heteroatoms. The molecule has 0 aliphatic carbocycles. The summed E-state index contributed by atoms with van der Waals surface area (Å²) in [6.07, 6.45) is -4.17. The molecule has 0 saturated carbocycles. The molecule has 3 aliphatic rings. The lowest BCUT2D eigenvalue weighted by atomic mass is 9.82. The molecule has 3 rings (SSSR count). The molecular weight excluding hydrogens is 682 g/mol. The predicted octanol–water partition coefficient (Wildman–Crippen LogP) is 1.42. The molecular formula is C37H61NO14. The van der Waals surface area contributed by atoms with Crippen molar-refractivity contribution in [3.8, 4) is 0 Å². The van der Waals surface area contributed by atoms with E-state index in [1.165, 1.54) is 21.0 Å². The van der Waals surface area contributed by atoms with E-state index in [4.69, 9.17) is 33.2 Å².